The summed E-state index contributed by atoms with van der Waals surface area (Å²) in [5.41, 5.74) is 0. The molecule has 2 aliphatic rings. The Hall–Kier alpha value is -0.150. The molecule has 4 atom stereocenters. The number of carbonyl (C=O) groups excluding carboxylic acids is 1. The smallest absolute Gasteiger partial charge is 0.214 e. The first-order valence-electron chi connectivity index (χ1n) is 9.46. The van der Waals surface area contributed by atoms with E-state index in [1.807, 2.05) is 0 Å². The molecular weight excluding hydrogens is 360 g/mol. The predicted octanol–water partition coefficient (Wildman–Crippen LogP) is 1.99. The summed E-state index contributed by atoms with van der Waals surface area (Å²) in [7, 11) is -3.81. The minimum Gasteiger partial charge on any atom is -0.372 e. The van der Waals surface area contributed by atoms with Crippen LogP contribution in [0.4, 0.5) is 0 Å². The van der Waals surface area contributed by atoms with Crippen molar-refractivity contribution < 1.29 is 17.9 Å². The van der Waals surface area contributed by atoms with Crippen LogP contribution in [-0.4, -0.2) is 43.6 Å². The molecule has 0 aliphatic heterocycles. The number of rotatable bonds is 8. The molecule has 4 unspecified atom stereocenters. The number of hydrogen-bond donors (Lipinski definition) is 3. The highest BCUT2D eigenvalue weighted by atomic mass is 32.2. The molecule has 0 aromatic rings. The van der Waals surface area contributed by atoms with Crippen molar-refractivity contribution in [1.29, 1.82) is 0 Å². The van der Waals surface area contributed by atoms with Gasteiger partial charge in [-0.3, -0.25) is 4.79 Å². The molecule has 0 heterocycles. The number of carbonyl (C=O) groups is 1. The first kappa shape index (κ1) is 21.2. The molecule has 8 heteroatoms. The number of ether oxygens (including phenoxy) is 1. The minimum absolute atomic E-state index is 0.0849. The van der Waals surface area contributed by atoms with Crippen LogP contribution in [0.15, 0.2) is 0 Å². The molecule has 146 valence electrons. The molecule has 0 spiro atoms. The Morgan fingerprint density at radius 2 is 1.92 bits per heavy atom. The molecule has 0 amide bonds. The van der Waals surface area contributed by atoms with Crippen LogP contribution in [0.5, 0.6) is 0 Å². The fourth-order valence-electron chi connectivity index (χ4n) is 4.00. The number of nitrogens with one attached hydrogen (secondary N) is 1. The average molecular weight is 393 g/mol. The summed E-state index contributed by atoms with van der Waals surface area (Å²) in [6, 6.07) is -0.188. The van der Waals surface area contributed by atoms with Crippen molar-refractivity contribution in [2.24, 2.45) is 11.1 Å². The lowest BCUT2D eigenvalue weighted by atomic mass is 9.83. The zero-order valence-corrected chi connectivity index (χ0v) is 16.7. The maximum absolute atomic E-state index is 12.2. The van der Waals surface area contributed by atoms with Crippen molar-refractivity contribution in [1.82, 2.24) is 5.32 Å². The second-order valence-electron chi connectivity index (χ2n) is 7.41. The van der Waals surface area contributed by atoms with E-state index in [4.69, 9.17) is 9.88 Å². The van der Waals surface area contributed by atoms with Gasteiger partial charge in [0.25, 0.3) is 0 Å². The number of unbranched alkanes of at least 4 members (excludes halogenated alkanes) is 1. The van der Waals surface area contributed by atoms with Crippen LogP contribution in [0.3, 0.4) is 0 Å². The van der Waals surface area contributed by atoms with Gasteiger partial charge in [0.1, 0.15) is 5.25 Å². The van der Waals surface area contributed by atoms with Gasteiger partial charge in [0.05, 0.1) is 12.2 Å². The van der Waals surface area contributed by atoms with Gasteiger partial charge in [0.15, 0.2) is 5.12 Å². The van der Waals surface area contributed by atoms with Gasteiger partial charge in [-0.25, -0.2) is 13.6 Å². The van der Waals surface area contributed by atoms with Gasteiger partial charge in [-0.05, 0) is 38.6 Å². The molecule has 2 fully saturated rings. The zero-order valence-electron chi connectivity index (χ0n) is 15.0. The normalized spacial score (nSPS) is 31.8. The average Bonchev–Trinajstić information content (AvgIpc) is 2.56. The third-order valence-electron chi connectivity index (χ3n) is 5.43. The van der Waals surface area contributed by atoms with Crippen LogP contribution in [0.2, 0.25) is 0 Å². The highest BCUT2D eigenvalue weighted by Gasteiger charge is 2.46. The van der Waals surface area contributed by atoms with Crippen molar-refractivity contribution in [2.45, 2.75) is 88.2 Å². The second-order valence-corrected chi connectivity index (χ2v) is 9.63. The number of hydrogen-bond acceptors (Lipinski definition) is 5. The van der Waals surface area contributed by atoms with Gasteiger partial charge < -0.3 is 10.1 Å². The Labute approximate surface area is 157 Å². The summed E-state index contributed by atoms with van der Waals surface area (Å²) in [5, 5.41) is 7.80. The van der Waals surface area contributed by atoms with E-state index in [9.17, 15) is 13.2 Å². The van der Waals surface area contributed by atoms with Crippen molar-refractivity contribution in [3.05, 3.63) is 0 Å². The van der Waals surface area contributed by atoms with Crippen LogP contribution in [-0.2, 0) is 19.6 Å². The van der Waals surface area contributed by atoms with Crippen LogP contribution in [0.25, 0.3) is 0 Å². The van der Waals surface area contributed by atoms with E-state index in [0.717, 1.165) is 45.1 Å². The molecule has 3 N–H and O–H groups in total. The van der Waals surface area contributed by atoms with Crippen LogP contribution in [0, 0.1) is 5.92 Å². The van der Waals surface area contributed by atoms with Crippen molar-refractivity contribution in [3.63, 3.8) is 0 Å². The molecule has 2 saturated carbocycles. The molecule has 0 bridgehead atoms. The van der Waals surface area contributed by atoms with Gasteiger partial charge in [-0.1, -0.05) is 32.6 Å². The van der Waals surface area contributed by atoms with E-state index >= 15 is 0 Å². The number of nitrogens with two attached hydrogens (primary N) is 1. The second kappa shape index (κ2) is 9.69. The highest BCUT2D eigenvalue weighted by Crippen LogP contribution is 2.34. The Morgan fingerprint density at radius 3 is 2.48 bits per heavy atom. The highest BCUT2D eigenvalue weighted by molar-refractivity contribution is 7.96. The van der Waals surface area contributed by atoms with E-state index in [2.05, 4.69) is 24.9 Å². The van der Waals surface area contributed by atoms with E-state index in [0.29, 0.717) is 6.42 Å². The molecule has 6 nitrogen and oxygen atoms in total. The quantitative estimate of drug-likeness (QED) is 0.433. The maximum atomic E-state index is 12.2. The standard InChI is InChI=1S/C17H32N2O4S2/c1-2-3-9-19-14-10-12(17(20)24)11-15(25(18,21)22)16(14)23-13-7-5-4-6-8-13/h12-16,19H,2-11H2,1H3,(H,20,24)(H2,18,21,22). The van der Waals surface area contributed by atoms with Crippen LogP contribution >= 0.6 is 12.6 Å². The Balaban J connectivity index is 2.19. The largest absolute Gasteiger partial charge is 0.372 e. The van der Waals surface area contributed by atoms with Gasteiger partial charge in [-0.2, -0.15) is 0 Å². The topological polar surface area (TPSA) is 98.5 Å². The molecule has 0 saturated heterocycles. The van der Waals surface area contributed by atoms with Crippen LogP contribution < -0.4 is 10.5 Å². The molecular formula is C17H32N2O4S2. The Kier molecular flexibility index (Phi) is 8.20. The number of primary sulfonamides is 1. The van der Waals surface area contributed by atoms with E-state index in [1.165, 1.54) is 6.42 Å². The monoisotopic (exact) mass is 392 g/mol. The molecule has 25 heavy (non-hydrogen) atoms. The van der Waals surface area contributed by atoms with Gasteiger partial charge in [0, 0.05) is 12.0 Å². The third kappa shape index (κ3) is 6.20. The molecule has 2 rings (SSSR count). The maximum Gasteiger partial charge on any atom is 0.214 e. The summed E-state index contributed by atoms with van der Waals surface area (Å²) in [6.07, 6.45) is 7.73. The van der Waals surface area contributed by atoms with E-state index < -0.39 is 27.3 Å². The number of thiol groups is 1. The summed E-state index contributed by atoms with van der Waals surface area (Å²) in [5.74, 6) is -0.406. The van der Waals surface area contributed by atoms with Gasteiger partial charge in [-0.15, -0.1) is 12.6 Å². The summed E-state index contributed by atoms with van der Waals surface area (Å²) in [4.78, 5) is 11.8. The molecule has 0 radical (unpaired) electrons. The lowest BCUT2D eigenvalue weighted by molar-refractivity contribution is -0.117. The predicted molar refractivity (Wildman–Crippen MR) is 102 cm³/mol. The third-order valence-corrected chi connectivity index (χ3v) is 7.10. The zero-order chi connectivity index (χ0) is 18.4. The number of sulfonamides is 1. The SMILES string of the molecule is CCCCNC1CC(C(=O)S)CC(S(N)(=O)=O)C1OC1CCCCC1. The lowest BCUT2D eigenvalue weighted by Crippen LogP contribution is -2.58. The minimum atomic E-state index is -3.81. The van der Waals surface area contributed by atoms with E-state index in [-0.39, 0.29) is 23.7 Å². The summed E-state index contributed by atoms with van der Waals surface area (Å²) >= 11 is 3.94. The van der Waals surface area contributed by atoms with Crippen LogP contribution in [0.1, 0.15) is 64.7 Å². The van der Waals surface area contributed by atoms with Crippen molar-refractivity contribution >= 4 is 27.8 Å². The summed E-state index contributed by atoms with van der Waals surface area (Å²) < 4.78 is 30.7. The molecule has 0 aromatic carbocycles. The lowest BCUT2D eigenvalue weighted by Gasteiger charge is -2.42. The van der Waals surface area contributed by atoms with E-state index in [1.54, 1.807) is 0 Å². The summed E-state index contributed by atoms with van der Waals surface area (Å²) in [6.45, 7) is 2.88. The molecule has 2 aliphatic carbocycles. The molecule has 0 aromatic heterocycles. The van der Waals surface area contributed by atoms with Gasteiger partial charge in [0.2, 0.25) is 10.0 Å². The Bertz CT molecular complexity index is 535. The first-order chi connectivity index (χ1) is 11.8. The fourth-order valence-corrected chi connectivity index (χ4v) is 5.34. The first-order valence-corrected chi connectivity index (χ1v) is 11.5. The van der Waals surface area contributed by atoms with Gasteiger partial charge >= 0.3 is 0 Å². The Morgan fingerprint density at radius 1 is 1.24 bits per heavy atom. The van der Waals surface area contributed by atoms with Crippen molar-refractivity contribution in [2.75, 3.05) is 6.54 Å². The van der Waals surface area contributed by atoms with Crippen molar-refractivity contribution in [3.8, 4) is 0 Å². The fraction of sp³-hybridized carbons (Fsp3) is 0.941.